The number of unbranched alkanes of at least 4 members (excludes halogenated alkanes) is 1. The zero-order valence-corrected chi connectivity index (χ0v) is 47.0. The van der Waals surface area contributed by atoms with E-state index in [2.05, 4.69) is 71.3 Å². The molecule has 2 aromatic rings. The van der Waals surface area contributed by atoms with Crippen molar-refractivity contribution in [3.8, 4) is 11.5 Å². The number of nitrogens with one attached hydrogen (secondary N) is 2. The minimum absolute atomic E-state index is 0.00768. The first-order valence-electron chi connectivity index (χ1n) is 24.8. The van der Waals surface area contributed by atoms with Gasteiger partial charge in [0, 0.05) is 21.0 Å². The van der Waals surface area contributed by atoms with Gasteiger partial charge in [-0.3, -0.25) is 4.79 Å². The predicted octanol–water partition coefficient (Wildman–Crippen LogP) is 11.9. The Hall–Kier alpha value is -4.48. The maximum absolute atomic E-state index is 14.6. The molecule has 5 atom stereocenters. The molecule has 384 valence electrons. The smallest absolute Gasteiger partial charge is 0.337 e. The number of hydrogen-bond acceptors (Lipinski definition) is 11. The van der Waals surface area contributed by atoms with Crippen LogP contribution in [0.5, 0.6) is 11.5 Å². The molecule has 0 saturated carbocycles. The molecule has 2 aromatic carbocycles. The molecular weight excluding hydrogens is 905 g/mol. The van der Waals surface area contributed by atoms with Crippen molar-refractivity contribution in [3.63, 3.8) is 0 Å². The van der Waals surface area contributed by atoms with Gasteiger partial charge in [-0.05, 0) is 123 Å². The SMILES string of the molecule is CC[Si](CC)(CC)O[C@H](/C=C/C=C(\C)[C@@H](CCC/C=C(\C)C1=CC(=O)OC(C)(C)O1)OC)[C@H](OC(=O)[C@@H](NC(=O)[C@H](Cc1ccc(O[Si](C)(C)C(C)(C)C)c(OC)c1)NC)C(C)C)c1ccccc1. The highest BCUT2D eigenvalue weighted by molar-refractivity contribution is 6.74. The highest BCUT2D eigenvalue weighted by Crippen LogP contribution is 2.40. The maximum Gasteiger partial charge on any atom is 0.337 e. The van der Waals surface area contributed by atoms with Gasteiger partial charge >= 0.3 is 11.9 Å². The molecule has 14 heteroatoms. The van der Waals surface area contributed by atoms with Crippen LogP contribution in [-0.4, -0.2) is 85.8 Å². The van der Waals surface area contributed by atoms with Crippen LogP contribution in [-0.2, 0) is 44.2 Å². The molecule has 2 N–H and O–H groups in total. The van der Waals surface area contributed by atoms with E-state index in [1.807, 2.05) is 94.5 Å². The van der Waals surface area contributed by atoms with Crippen LogP contribution in [0.1, 0.15) is 120 Å². The number of cyclic esters (lactones) is 1. The standard InChI is InChI=1S/C55H86N2O10Si2/c1-18-69(19-2,20-3)67-46(32-26-28-39(6)44(61-14)31-25-24-27-40(7)47-37-49(58)65-55(11,12)64-47)51(42-29-22-21-23-30-42)63-53(60)50(38(4)5)57-52(59)43(56-13)35-41-33-34-45(48(36-41)62-15)66-68(16,17)54(8,9)10/h21-23,26-30,32-34,36-38,43-44,46,50-51,56H,18-20,24-25,31,35H2,1-17H3,(H,57,59)/b32-26+,39-28+,40-27+/t43-,44+,46+,50-,51+/m0/s1. The third-order valence-corrected chi connectivity index (χ3v) is 22.6. The van der Waals surface area contributed by atoms with Crippen LogP contribution in [0.3, 0.4) is 0 Å². The van der Waals surface area contributed by atoms with E-state index >= 15 is 0 Å². The molecule has 1 aliphatic rings. The molecule has 0 aromatic heterocycles. The lowest BCUT2D eigenvalue weighted by Gasteiger charge is -2.36. The molecule has 69 heavy (non-hydrogen) atoms. The highest BCUT2D eigenvalue weighted by Gasteiger charge is 2.41. The molecule has 0 fully saturated rings. The third-order valence-electron chi connectivity index (χ3n) is 13.6. The summed E-state index contributed by atoms with van der Waals surface area (Å²) >= 11 is 0. The van der Waals surface area contributed by atoms with Crippen molar-refractivity contribution in [1.29, 1.82) is 0 Å². The Labute approximate surface area is 417 Å². The van der Waals surface area contributed by atoms with Crippen molar-refractivity contribution >= 4 is 34.5 Å². The summed E-state index contributed by atoms with van der Waals surface area (Å²) in [6, 6.07) is 16.6. The van der Waals surface area contributed by atoms with Crippen molar-refractivity contribution in [2.24, 2.45) is 5.92 Å². The second-order valence-corrected chi connectivity index (χ2v) is 29.9. The summed E-state index contributed by atoms with van der Waals surface area (Å²) in [7, 11) is 0.664. The van der Waals surface area contributed by atoms with Crippen LogP contribution in [0, 0.1) is 5.92 Å². The van der Waals surface area contributed by atoms with Gasteiger partial charge in [-0.25, -0.2) is 9.59 Å². The van der Waals surface area contributed by atoms with Gasteiger partial charge in [0.1, 0.15) is 23.7 Å². The minimum atomic E-state index is -2.28. The number of likely N-dealkylation sites (N-methyl/N-ethyl adjacent to an activating group) is 1. The van der Waals surface area contributed by atoms with Gasteiger partial charge in [-0.15, -0.1) is 0 Å². The second-order valence-electron chi connectivity index (χ2n) is 20.5. The van der Waals surface area contributed by atoms with Crippen molar-refractivity contribution in [2.75, 3.05) is 21.3 Å². The Balaban J connectivity index is 1.88. The van der Waals surface area contributed by atoms with Crippen molar-refractivity contribution < 1.29 is 46.9 Å². The topological polar surface area (TPSA) is 140 Å². The van der Waals surface area contributed by atoms with Crippen LogP contribution in [0.2, 0.25) is 36.3 Å². The van der Waals surface area contributed by atoms with E-state index in [-0.39, 0.29) is 23.0 Å². The molecule has 1 heterocycles. The van der Waals surface area contributed by atoms with Crippen molar-refractivity contribution in [1.82, 2.24) is 10.6 Å². The quantitative estimate of drug-likeness (QED) is 0.0383. The minimum Gasteiger partial charge on any atom is -0.541 e. The van der Waals surface area contributed by atoms with Crippen molar-refractivity contribution in [2.45, 2.75) is 181 Å². The number of rotatable bonds is 27. The van der Waals surface area contributed by atoms with Crippen LogP contribution >= 0.6 is 0 Å². The number of hydrogen-bond donors (Lipinski definition) is 2. The first-order chi connectivity index (χ1) is 32.4. The Morgan fingerprint density at radius 2 is 1.58 bits per heavy atom. The summed E-state index contributed by atoms with van der Waals surface area (Å²) in [4.78, 5) is 40.7. The Kier molecular flexibility index (Phi) is 22.7. The zero-order valence-electron chi connectivity index (χ0n) is 45.0. The Morgan fingerprint density at radius 1 is 0.928 bits per heavy atom. The van der Waals surface area contributed by atoms with Crippen LogP contribution in [0.4, 0.5) is 0 Å². The lowest BCUT2D eigenvalue weighted by atomic mass is 10.00. The van der Waals surface area contributed by atoms with E-state index in [4.69, 9.17) is 32.5 Å². The lowest BCUT2D eigenvalue weighted by Crippen LogP contribution is -2.53. The van der Waals surface area contributed by atoms with Gasteiger partial charge in [0.25, 0.3) is 8.32 Å². The molecule has 0 aliphatic carbocycles. The summed E-state index contributed by atoms with van der Waals surface area (Å²) in [6.07, 6.45) is 10.7. The van der Waals surface area contributed by atoms with E-state index in [0.29, 0.717) is 23.7 Å². The molecule has 0 radical (unpaired) electrons. The molecule has 0 spiro atoms. The first-order valence-corrected chi connectivity index (χ1v) is 30.3. The lowest BCUT2D eigenvalue weighted by molar-refractivity contribution is -0.203. The number of amides is 1. The number of allylic oxidation sites excluding steroid dienone is 4. The molecule has 0 saturated heterocycles. The fourth-order valence-electron chi connectivity index (χ4n) is 7.89. The molecule has 1 amide bonds. The monoisotopic (exact) mass is 991 g/mol. The van der Waals surface area contributed by atoms with E-state index in [9.17, 15) is 14.4 Å². The number of ether oxygens (including phenoxy) is 5. The molecule has 12 nitrogen and oxygen atoms in total. The zero-order chi connectivity index (χ0) is 51.7. The number of carbonyl (C=O) groups is 3. The second kappa shape index (κ2) is 26.7. The summed E-state index contributed by atoms with van der Waals surface area (Å²) in [6.45, 7) is 28.7. The molecule has 1 aliphatic heterocycles. The molecule has 3 rings (SSSR count). The van der Waals surface area contributed by atoms with Gasteiger partial charge in [-0.1, -0.05) is 116 Å². The van der Waals surface area contributed by atoms with E-state index in [1.165, 1.54) is 6.08 Å². The summed E-state index contributed by atoms with van der Waals surface area (Å²) in [5.41, 5.74) is 3.58. The van der Waals surface area contributed by atoms with Gasteiger partial charge < -0.3 is 43.2 Å². The van der Waals surface area contributed by atoms with E-state index in [0.717, 1.165) is 59.7 Å². The third kappa shape index (κ3) is 17.4. The maximum atomic E-state index is 14.6. The molecule has 0 bridgehead atoms. The van der Waals surface area contributed by atoms with Crippen LogP contribution in [0.25, 0.3) is 0 Å². The van der Waals surface area contributed by atoms with Crippen LogP contribution in [0.15, 0.2) is 95.8 Å². The summed E-state index contributed by atoms with van der Waals surface area (Å²) in [5.74, 6) is -0.757. The van der Waals surface area contributed by atoms with Gasteiger partial charge in [0.15, 0.2) is 20.2 Å². The average Bonchev–Trinajstić information content (AvgIpc) is 3.29. The summed E-state index contributed by atoms with van der Waals surface area (Å²) < 4.78 is 43.2. The van der Waals surface area contributed by atoms with Gasteiger partial charge in [0.2, 0.25) is 11.7 Å². The highest BCUT2D eigenvalue weighted by atomic mass is 28.4. The first kappa shape index (κ1) is 58.8. The number of methoxy groups -OCH3 is 2. The predicted molar refractivity (Wildman–Crippen MR) is 282 cm³/mol. The number of carbonyl (C=O) groups excluding carboxylic acids is 3. The Morgan fingerprint density at radius 3 is 2.13 bits per heavy atom. The van der Waals surface area contributed by atoms with Gasteiger partial charge in [-0.2, -0.15) is 0 Å². The van der Waals surface area contributed by atoms with Crippen molar-refractivity contribution in [3.05, 3.63) is 107 Å². The molecular formula is C55H86N2O10Si2. The van der Waals surface area contributed by atoms with E-state index < -0.39 is 58.7 Å². The normalized spacial score (nSPS) is 17.0. The summed E-state index contributed by atoms with van der Waals surface area (Å²) in [5, 5.41) is 6.22. The average molecular weight is 991 g/mol. The largest absolute Gasteiger partial charge is 0.541 e. The fraction of sp³-hybridized carbons (Fsp3) is 0.582. The van der Waals surface area contributed by atoms with E-state index in [1.54, 1.807) is 35.1 Å². The molecule has 0 unspecified atom stereocenters. The number of benzene rings is 2. The number of esters is 2. The van der Waals surface area contributed by atoms with Gasteiger partial charge in [0.05, 0.1) is 25.3 Å². The fourth-order valence-corrected chi connectivity index (χ4v) is 11.7. The van der Waals surface area contributed by atoms with Crippen LogP contribution < -0.4 is 19.8 Å². The Bertz CT molecular complexity index is 2090.